The van der Waals surface area contributed by atoms with E-state index in [4.69, 9.17) is 18.9 Å². The number of benzene rings is 3. The van der Waals surface area contributed by atoms with Crippen molar-refractivity contribution in [2.45, 2.75) is 13.8 Å². The Morgan fingerprint density at radius 1 is 0.812 bits per heavy atom. The molecule has 0 spiro atoms. The van der Waals surface area contributed by atoms with Gasteiger partial charge < -0.3 is 18.9 Å². The van der Waals surface area contributed by atoms with E-state index in [2.05, 4.69) is 15.9 Å². The van der Waals surface area contributed by atoms with Crippen molar-refractivity contribution in [3.8, 4) is 17.2 Å². The van der Waals surface area contributed by atoms with Crippen LogP contribution in [0.1, 0.15) is 21.5 Å². The van der Waals surface area contributed by atoms with Crippen molar-refractivity contribution < 1.29 is 28.5 Å². The molecular formula is C25H23BrO6. The first-order valence-electron chi connectivity index (χ1n) is 9.97. The fourth-order valence-corrected chi connectivity index (χ4v) is 3.68. The molecule has 0 N–H and O–H groups in total. The largest absolute Gasteiger partial charge is 0.490 e. The van der Waals surface area contributed by atoms with Crippen LogP contribution in [0.5, 0.6) is 17.2 Å². The number of esters is 2. The number of rotatable bonds is 9. The van der Waals surface area contributed by atoms with Crippen LogP contribution in [-0.4, -0.2) is 31.8 Å². The lowest BCUT2D eigenvalue weighted by molar-refractivity contribution is -0.136. The molecule has 166 valence electrons. The average Bonchev–Trinajstić information content (AvgIpc) is 2.76. The molecule has 0 heterocycles. The fraction of sp³-hybridized carbons (Fsp3) is 0.200. The van der Waals surface area contributed by atoms with Gasteiger partial charge in [-0.15, -0.1) is 0 Å². The number of carbonyl (C=O) groups excluding carboxylic acids is 2. The normalized spacial score (nSPS) is 10.3. The zero-order chi connectivity index (χ0) is 22.9. The Bertz CT molecular complexity index is 1060. The third-order valence-electron chi connectivity index (χ3n) is 4.39. The van der Waals surface area contributed by atoms with Crippen LogP contribution in [0.25, 0.3) is 0 Å². The monoisotopic (exact) mass is 498 g/mol. The van der Waals surface area contributed by atoms with Crippen molar-refractivity contribution >= 4 is 27.9 Å². The minimum Gasteiger partial charge on any atom is -0.490 e. The highest BCUT2D eigenvalue weighted by Crippen LogP contribution is 2.27. The van der Waals surface area contributed by atoms with Crippen LogP contribution in [0.3, 0.4) is 0 Å². The second-order valence-electron chi connectivity index (χ2n) is 6.96. The summed E-state index contributed by atoms with van der Waals surface area (Å²) in [6.45, 7) is 3.87. The zero-order valence-corrected chi connectivity index (χ0v) is 19.4. The predicted molar refractivity (Wildman–Crippen MR) is 123 cm³/mol. The fourth-order valence-electron chi connectivity index (χ4n) is 3.00. The van der Waals surface area contributed by atoms with Crippen molar-refractivity contribution in [3.05, 3.63) is 87.9 Å². The van der Waals surface area contributed by atoms with E-state index in [0.717, 1.165) is 15.6 Å². The van der Waals surface area contributed by atoms with Crippen LogP contribution in [0, 0.1) is 13.8 Å². The number of ether oxygens (including phenoxy) is 4. The van der Waals surface area contributed by atoms with Gasteiger partial charge in [0.2, 0.25) is 0 Å². The Balaban J connectivity index is 1.48. The van der Waals surface area contributed by atoms with E-state index in [1.807, 2.05) is 56.3 Å². The Morgan fingerprint density at radius 3 is 2.22 bits per heavy atom. The molecule has 0 atom stereocenters. The van der Waals surface area contributed by atoms with E-state index in [1.54, 1.807) is 18.2 Å². The van der Waals surface area contributed by atoms with Gasteiger partial charge in [-0.3, -0.25) is 0 Å². The van der Waals surface area contributed by atoms with Crippen LogP contribution in [0.15, 0.2) is 71.2 Å². The number of halogens is 1. The summed E-state index contributed by atoms with van der Waals surface area (Å²) in [7, 11) is 0. The molecule has 7 heteroatoms. The van der Waals surface area contributed by atoms with Gasteiger partial charge in [-0.1, -0.05) is 40.2 Å². The van der Waals surface area contributed by atoms with Crippen molar-refractivity contribution in [2.24, 2.45) is 0 Å². The Hall–Kier alpha value is -3.32. The van der Waals surface area contributed by atoms with Gasteiger partial charge in [-0.05, 0) is 67.4 Å². The van der Waals surface area contributed by atoms with Crippen LogP contribution in [0.2, 0.25) is 0 Å². The van der Waals surface area contributed by atoms with Crippen LogP contribution in [0.4, 0.5) is 0 Å². The molecule has 0 aliphatic rings. The van der Waals surface area contributed by atoms with Crippen molar-refractivity contribution in [2.75, 3.05) is 19.8 Å². The first-order valence-corrected chi connectivity index (χ1v) is 10.8. The third-order valence-corrected chi connectivity index (χ3v) is 4.85. The molecule has 0 saturated carbocycles. The molecule has 3 rings (SSSR count). The molecule has 0 fully saturated rings. The van der Waals surface area contributed by atoms with Crippen molar-refractivity contribution in [1.82, 2.24) is 0 Å². The van der Waals surface area contributed by atoms with Gasteiger partial charge in [0, 0.05) is 4.47 Å². The number of aryl methyl sites for hydroxylation is 2. The lowest BCUT2D eigenvalue weighted by Crippen LogP contribution is -2.18. The summed E-state index contributed by atoms with van der Waals surface area (Å²) in [6, 6.07) is 19.3. The highest BCUT2D eigenvalue weighted by Gasteiger charge is 2.13. The number of hydrogen-bond acceptors (Lipinski definition) is 6. The topological polar surface area (TPSA) is 71.1 Å². The SMILES string of the molecule is Cc1cc(Br)cc(C)c1OCC(=O)Oc1cccc(C(=O)OCCOc2ccccc2)c1. The maximum atomic E-state index is 12.3. The van der Waals surface area contributed by atoms with Gasteiger partial charge in [0.05, 0.1) is 5.56 Å². The molecule has 3 aromatic rings. The second-order valence-corrected chi connectivity index (χ2v) is 7.87. The highest BCUT2D eigenvalue weighted by atomic mass is 79.9. The standard InChI is InChI=1S/C25H23BrO6/c1-17-13-20(26)14-18(2)24(17)31-16-23(27)32-22-10-6-7-19(15-22)25(28)30-12-11-29-21-8-4-3-5-9-21/h3-10,13-15H,11-12,16H2,1-2H3. The predicted octanol–water partition coefficient (Wildman–Crippen LogP) is 5.29. The molecule has 32 heavy (non-hydrogen) atoms. The number of hydrogen-bond donors (Lipinski definition) is 0. The smallest absolute Gasteiger partial charge is 0.349 e. The average molecular weight is 499 g/mol. The maximum Gasteiger partial charge on any atom is 0.349 e. The highest BCUT2D eigenvalue weighted by molar-refractivity contribution is 9.10. The van der Waals surface area contributed by atoms with Gasteiger partial charge in [0.25, 0.3) is 0 Å². The summed E-state index contributed by atoms with van der Waals surface area (Å²) in [4.78, 5) is 24.5. The summed E-state index contributed by atoms with van der Waals surface area (Å²) in [5.41, 5.74) is 2.09. The van der Waals surface area contributed by atoms with Gasteiger partial charge in [0.1, 0.15) is 30.5 Å². The molecule has 0 amide bonds. The zero-order valence-electron chi connectivity index (χ0n) is 17.8. The molecule has 0 radical (unpaired) electrons. The van der Waals surface area contributed by atoms with Crippen LogP contribution in [-0.2, 0) is 9.53 Å². The minimum atomic E-state index is -0.575. The van der Waals surface area contributed by atoms with Crippen LogP contribution < -0.4 is 14.2 Å². The van der Waals surface area contributed by atoms with Crippen molar-refractivity contribution in [1.29, 1.82) is 0 Å². The Kier molecular flexibility index (Phi) is 8.27. The number of para-hydroxylation sites is 1. The first-order chi connectivity index (χ1) is 15.4. The van der Waals surface area contributed by atoms with E-state index >= 15 is 0 Å². The summed E-state index contributed by atoms with van der Waals surface area (Å²) in [6.07, 6.45) is 0. The molecule has 3 aromatic carbocycles. The molecular weight excluding hydrogens is 476 g/mol. The lowest BCUT2D eigenvalue weighted by atomic mass is 10.1. The van der Waals surface area contributed by atoms with Gasteiger partial charge >= 0.3 is 11.9 Å². The molecule has 6 nitrogen and oxygen atoms in total. The summed E-state index contributed by atoms with van der Waals surface area (Å²) < 4.78 is 22.6. The first kappa shape index (κ1) is 23.3. The maximum absolute atomic E-state index is 12.3. The Morgan fingerprint density at radius 2 is 1.50 bits per heavy atom. The third kappa shape index (κ3) is 6.85. The molecule has 0 bridgehead atoms. The molecule has 0 saturated heterocycles. The van der Waals surface area contributed by atoms with Crippen molar-refractivity contribution in [3.63, 3.8) is 0 Å². The van der Waals surface area contributed by atoms with Gasteiger partial charge in [0.15, 0.2) is 6.61 Å². The van der Waals surface area contributed by atoms with E-state index in [0.29, 0.717) is 11.5 Å². The van der Waals surface area contributed by atoms with E-state index in [-0.39, 0.29) is 31.1 Å². The van der Waals surface area contributed by atoms with E-state index < -0.39 is 11.9 Å². The summed E-state index contributed by atoms with van der Waals surface area (Å²) in [5, 5.41) is 0. The number of carbonyl (C=O) groups is 2. The summed E-state index contributed by atoms with van der Waals surface area (Å²) >= 11 is 3.43. The molecule has 0 aliphatic heterocycles. The molecule has 0 aromatic heterocycles. The minimum absolute atomic E-state index is 0.0947. The van der Waals surface area contributed by atoms with Gasteiger partial charge in [-0.25, -0.2) is 9.59 Å². The van der Waals surface area contributed by atoms with Crippen LogP contribution >= 0.6 is 15.9 Å². The lowest BCUT2D eigenvalue weighted by Gasteiger charge is -2.12. The second kappa shape index (κ2) is 11.3. The molecule has 0 unspecified atom stereocenters. The quantitative estimate of drug-likeness (QED) is 0.227. The summed E-state index contributed by atoms with van der Waals surface area (Å²) in [5.74, 6) is 0.469. The van der Waals surface area contributed by atoms with E-state index in [1.165, 1.54) is 6.07 Å². The van der Waals surface area contributed by atoms with E-state index in [9.17, 15) is 9.59 Å². The van der Waals surface area contributed by atoms with Gasteiger partial charge in [-0.2, -0.15) is 0 Å². The Labute approximate surface area is 195 Å². The molecule has 0 aliphatic carbocycles.